The second kappa shape index (κ2) is 8.03. The highest BCUT2D eigenvalue weighted by atomic mass is 19.3. The molecule has 1 aliphatic heterocycles. The van der Waals surface area contributed by atoms with Crippen molar-refractivity contribution in [1.29, 1.82) is 0 Å². The summed E-state index contributed by atoms with van der Waals surface area (Å²) in [6.07, 6.45) is 0.618. The van der Waals surface area contributed by atoms with E-state index in [1.54, 1.807) is 12.1 Å². The van der Waals surface area contributed by atoms with Crippen molar-refractivity contribution in [1.82, 2.24) is 5.32 Å². The normalized spacial score (nSPS) is 15.8. The van der Waals surface area contributed by atoms with Gasteiger partial charge in [0.15, 0.2) is 11.5 Å². The molecular weight excluding hydrogens is 344 g/mol. The largest absolute Gasteiger partial charge is 0.493 e. The van der Waals surface area contributed by atoms with E-state index in [1.807, 2.05) is 24.3 Å². The van der Waals surface area contributed by atoms with Gasteiger partial charge in [-0.1, -0.05) is 24.3 Å². The van der Waals surface area contributed by atoms with Crippen LogP contribution in [0.25, 0.3) is 0 Å². The van der Waals surface area contributed by atoms with Crippen molar-refractivity contribution in [2.75, 3.05) is 13.7 Å². The van der Waals surface area contributed by atoms with Gasteiger partial charge in [-0.3, -0.25) is 4.79 Å². The highest BCUT2D eigenvalue weighted by Gasteiger charge is 2.25. The molecule has 0 aliphatic carbocycles. The van der Waals surface area contributed by atoms with Gasteiger partial charge < -0.3 is 19.5 Å². The average Bonchev–Trinajstić information content (AvgIpc) is 2.66. The van der Waals surface area contributed by atoms with Gasteiger partial charge in [0.25, 0.3) is 0 Å². The van der Waals surface area contributed by atoms with Crippen LogP contribution in [-0.2, 0) is 17.8 Å². The molecule has 0 radical (unpaired) electrons. The summed E-state index contributed by atoms with van der Waals surface area (Å²) in [4.78, 5) is 12.4. The maximum atomic E-state index is 12.4. The van der Waals surface area contributed by atoms with Crippen molar-refractivity contribution in [2.24, 2.45) is 5.92 Å². The Morgan fingerprint density at radius 3 is 2.85 bits per heavy atom. The fraction of sp³-hybridized carbons (Fsp3) is 0.316. The van der Waals surface area contributed by atoms with Crippen LogP contribution in [0.1, 0.15) is 11.1 Å². The van der Waals surface area contributed by atoms with E-state index in [1.165, 1.54) is 13.2 Å². The molecule has 1 atom stereocenters. The number of nitrogens with one attached hydrogen (secondary N) is 1. The topological polar surface area (TPSA) is 56.8 Å². The molecule has 0 fully saturated rings. The van der Waals surface area contributed by atoms with E-state index in [2.05, 4.69) is 10.1 Å². The monoisotopic (exact) mass is 363 g/mol. The number of carbonyl (C=O) groups is 1. The first-order chi connectivity index (χ1) is 12.6. The number of fused-ring (bicyclic) bond motifs is 1. The third kappa shape index (κ3) is 4.22. The van der Waals surface area contributed by atoms with Crippen molar-refractivity contribution in [3.8, 4) is 17.2 Å². The van der Waals surface area contributed by atoms with E-state index in [4.69, 9.17) is 9.47 Å². The van der Waals surface area contributed by atoms with Crippen LogP contribution in [0.3, 0.4) is 0 Å². The zero-order valence-corrected chi connectivity index (χ0v) is 14.2. The molecule has 0 saturated carbocycles. The minimum atomic E-state index is -2.93. The average molecular weight is 363 g/mol. The molecule has 1 N–H and O–H groups in total. The Bertz CT molecular complexity index is 782. The summed E-state index contributed by atoms with van der Waals surface area (Å²) in [6, 6.07) is 12.2. The number of hydrogen-bond donors (Lipinski definition) is 1. The van der Waals surface area contributed by atoms with Crippen LogP contribution in [0.5, 0.6) is 17.2 Å². The maximum absolute atomic E-state index is 12.4. The standard InChI is InChI=1S/C19H19F2NO4/c1-24-17-8-12(6-7-16(17)26-19(20)21)10-22-18(23)14-9-13-4-2-3-5-15(13)25-11-14/h2-8,14,19H,9-11H2,1H3,(H,22,23). The van der Waals surface area contributed by atoms with Crippen LogP contribution in [-0.4, -0.2) is 26.2 Å². The molecule has 138 valence electrons. The highest BCUT2D eigenvalue weighted by Crippen LogP contribution is 2.30. The molecule has 26 heavy (non-hydrogen) atoms. The zero-order valence-electron chi connectivity index (χ0n) is 14.2. The minimum Gasteiger partial charge on any atom is -0.493 e. The third-order valence-electron chi connectivity index (χ3n) is 4.16. The second-order valence-electron chi connectivity index (χ2n) is 5.90. The Labute approximate surface area is 149 Å². The smallest absolute Gasteiger partial charge is 0.387 e. The van der Waals surface area contributed by atoms with Gasteiger partial charge in [-0.05, 0) is 35.7 Å². The molecule has 1 amide bonds. The van der Waals surface area contributed by atoms with Crippen LogP contribution in [0, 0.1) is 5.92 Å². The first kappa shape index (κ1) is 18.0. The number of alkyl halides is 2. The first-order valence-electron chi connectivity index (χ1n) is 8.17. The number of carbonyl (C=O) groups excluding carboxylic acids is 1. The van der Waals surface area contributed by atoms with Gasteiger partial charge in [0, 0.05) is 6.54 Å². The molecule has 1 heterocycles. The van der Waals surface area contributed by atoms with Crippen molar-refractivity contribution in [3.63, 3.8) is 0 Å². The second-order valence-corrected chi connectivity index (χ2v) is 5.90. The summed E-state index contributed by atoms with van der Waals surface area (Å²) >= 11 is 0. The summed E-state index contributed by atoms with van der Waals surface area (Å²) in [5, 5.41) is 2.85. The summed E-state index contributed by atoms with van der Waals surface area (Å²) in [7, 11) is 1.37. The van der Waals surface area contributed by atoms with Crippen molar-refractivity contribution < 1.29 is 27.8 Å². The van der Waals surface area contributed by atoms with E-state index >= 15 is 0 Å². The quantitative estimate of drug-likeness (QED) is 0.857. The van der Waals surface area contributed by atoms with Crippen molar-refractivity contribution in [2.45, 2.75) is 19.6 Å². The lowest BCUT2D eigenvalue weighted by molar-refractivity contribution is -0.126. The SMILES string of the molecule is COc1cc(CNC(=O)C2COc3ccccc3C2)ccc1OC(F)F. The number of para-hydroxylation sites is 1. The Morgan fingerprint density at radius 1 is 1.27 bits per heavy atom. The summed E-state index contributed by atoms with van der Waals surface area (Å²) < 4.78 is 39.8. The molecular formula is C19H19F2NO4. The molecule has 3 rings (SSSR count). The van der Waals surface area contributed by atoms with Gasteiger partial charge in [0.2, 0.25) is 5.91 Å². The van der Waals surface area contributed by atoms with E-state index in [0.717, 1.165) is 11.3 Å². The fourth-order valence-electron chi connectivity index (χ4n) is 2.85. The molecule has 0 spiro atoms. The molecule has 0 bridgehead atoms. The fourth-order valence-corrected chi connectivity index (χ4v) is 2.85. The van der Waals surface area contributed by atoms with Crippen molar-refractivity contribution >= 4 is 5.91 Å². The van der Waals surface area contributed by atoms with Crippen LogP contribution in [0.15, 0.2) is 42.5 Å². The van der Waals surface area contributed by atoms with E-state index in [0.29, 0.717) is 18.6 Å². The minimum absolute atomic E-state index is 0.0464. The van der Waals surface area contributed by atoms with Gasteiger partial charge in [-0.2, -0.15) is 8.78 Å². The van der Waals surface area contributed by atoms with Crippen LogP contribution >= 0.6 is 0 Å². The Hall–Kier alpha value is -2.83. The Balaban J connectivity index is 1.59. The molecule has 2 aromatic carbocycles. The van der Waals surface area contributed by atoms with E-state index in [-0.39, 0.29) is 29.9 Å². The molecule has 0 saturated heterocycles. The lowest BCUT2D eigenvalue weighted by Gasteiger charge is -2.24. The molecule has 5 nitrogen and oxygen atoms in total. The molecule has 2 aromatic rings. The Kier molecular flexibility index (Phi) is 5.55. The summed E-state index contributed by atoms with van der Waals surface area (Å²) in [6.45, 7) is -2.35. The van der Waals surface area contributed by atoms with Gasteiger partial charge in [-0.15, -0.1) is 0 Å². The number of hydrogen-bond acceptors (Lipinski definition) is 4. The predicted octanol–water partition coefficient (Wildman–Crippen LogP) is 3.16. The summed E-state index contributed by atoms with van der Waals surface area (Å²) in [5.41, 5.74) is 1.73. The first-order valence-corrected chi connectivity index (χ1v) is 8.17. The number of rotatable bonds is 6. The van der Waals surface area contributed by atoms with Crippen LogP contribution in [0.2, 0.25) is 0 Å². The van der Waals surface area contributed by atoms with Gasteiger partial charge >= 0.3 is 6.61 Å². The van der Waals surface area contributed by atoms with Gasteiger partial charge in [-0.25, -0.2) is 0 Å². The number of halogens is 2. The van der Waals surface area contributed by atoms with Crippen LogP contribution < -0.4 is 19.5 Å². The summed E-state index contributed by atoms with van der Waals surface area (Å²) in [5.74, 6) is 0.567. The van der Waals surface area contributed by atoms with E-state index in [9.17, 15) is 13.6 Å². The molecule has 7 heteroatoms. The van der Waals surface area contributed by atoms with E-state index < -0.39 is 6.61 Å². The zero-order chi connectivity index (χ0) is 18.5. The van der Waals surface area contributed by atoms with Gasteiger partial charge in [0.05, 0.1) is 13.0 Å². The lowest BCUT2D eigenvalue weighted by atomic mass is 9.96. The maximum Gasteiger partial charge on any atom is 0.387 e. The highest BCUT2D eigenvalue weighted by molar-refractivity contribution is 5.79. The Morgan fingerprint density at radius 2 is 2.08 bits per heavy atom. The lowest BCUT2D eigenvalue weighted by Crippen LogP contribution is -2.37. The molecule has 1 unspecified atom stereocenters. The number of amides is 1. The molecule has 1 aliphatic rings. The van der Waals surface area contributed by atoms with Crippen LogP contribution in [0.4, 0.5) is 8.78 Å². The number of ether oxygens (including phenoxy) is 3. The number of methoxy groups -OCH3 is 1. The third-order valence-corrected chi connectivity index (χ3v) is 4.16. The molecule has 0 aromatic heterocycles. The van der Waals surface area contributed by atoms with Gasteiger partial charge in [0.1, 0.15) is 12.4 Å². The van der Waals surface area contributed by atoms with Crippen molar-refractivity contribution in [3.05, 3.63) is 53.6 Å². The number of benzene rings is 2. The predicted molar refractivity (Wildman–Crippen MR) is 90.6 cm³/mol.